The molecule has 1 amide bonds. The van der Waals surface area contributed by atoms with Gasteiger partial charge >= 0.3 is 0 Å². The number of rotatable bonds is 2. The summed E-state index contributed by atoms with van der Waals surface area (Å²) in [6, 6.07) is 9.06. The summed E-state index contributed by atoms with van der Waals surface area (Å²) in [4.78, 5) is 11.9. The quantitative estimate of drug-likeness (QED) is 0.461. The first-order chi connectivity index (χ1) is 7.68. The molecule has 5 nitrogen and oxygen atoms in total. The molecule has 0 unspecified atom stereocenters. The summed E-state index contributed by atoms with van der Waals surface area (Å²) < 4.78 is 1.56. The van der Waals surface area contributed by atoms with Gasteiger partial charge in [-0.15, -0.1) is 0 Å². The highest BCUT2D eigenvalue weighted by Crippen LogP contribution is 2.12. The zero-order chi connectivity index (χ0) is 11.5. The van der Waals surface area contributed by atoms with Crippen LogP contribution in [0.2, 0.25) is 0 Å². The van der Waals surface area contributed by atoms with Crippen LogP contribution in [0.3, 0.4) is 0 Å². The number of aromatic nitrogens is 2. The molecule has 16 heavy (non-hydrogen) atoms. The number of aryl methyl sites for hydroxylation is 1. The van der Waals surface area contributed by atoms with Crippen LogP contribution in [-0.4, -0.2) is 15.7 Å². The molecule has 1 heterocycles. The lowest BCUT2D eigenvalue weighted by Crippen LogP contribution is -2.37. The topological polar surface area (TPSA) is 64.2 Å². The smallest absolute Gasteiger partial charge is 0.275 e. The molecule has 2 aromatic rings. The Morgan fingerprint density at radius 1 is 1.38 bits per heavy atom. The van der Waals surface area contributed by atoms with Crippen LogP contribution in [-0.2, 0) is 7.05 Å². The van der Waals surface area contributed by atoms with Gasteiger partial charge in [-0.25, -0.2) is 10.9 Å². The van der Waals surface area contributed by atoms with Gasteiger partial charge in [-0.1, -0.05) is 18.2 Å². The number of para-hydroxylation sites is 1. The third kappa shape index (κ3) is 1.94. The standard InChI is InChI=1S/C11H12N4O/c1-14-8-9(7-13-14)11(16)15(12)10-5-3-2-4-6-10/h2-8H,12H2,1H3. The van der Waals surface area contributed by atoms with Crippen molar-refractivity contribution in [2.24, 2.45) is 12.9 Å². The van der Waals surface area contributed by atoms with Crippen molar-refractivity contribution in [3.8, 4) is 0 Å². The number of nitrogens with zero attached hydrogens (tertiary/aromatic N) is 3. The van der Waals surface area contributed by atoms with Gasteiger partial charge in [-0.3, -0.25) is 9.48 Å². The first kappa shape index (κ1) is 10.4. The zero-order valence-electron chi connectivity index (χ0n) is 8.87. The minimum absolute atomic E-state index is 0.278. The van der Waals surface area contributed by atoms with E-state index in [1.807, 2.05) is 18.2 Å². The van der Waals surface area contributed by atoms with Gasteiger partial charge < -0.3 is 0 Å². The number of benzene rings is 1. The average Bonchev–Trinajstić information content (AvgIpc) is 2.75. The summed E-state index contributed by atoms with van der Waals surface area (Å²) in [5.74, 6) is 5.45. The van der Waals surface area contributed by atoms with E-state index in [9.17, 15) is 4.79 Å². The van der Waals surface area contributed by atoms with Crippen molar-refractivity contribution in [3.63, 3.8) is 0 Å². The third-order valence-corrected chi connectivity index (χ3v) is 2.20. The normalized spacial score (nSPS) is 10.1. The van der Waals surface area contributed by atoms with E-state index in [0.717, 1.165) is 5.01 Å². The Kier molecular flexibility index (Phi) is 2.70. The predicted octanol–water partition coefficient (Wildman–Crippen LogP) is 0.941. The summed E-state index contributed by atoms with van der Waals surface area (Å²) in [7, 11) is 1.75. The third-order valence-electron chi connectivity index (χ3n) is 2.20. The Bertz CT molecular complexity index is 492. The van der Waals surface area contributed by atoms with Gasteiger partial charge in [0.05, 0.1) is 17.4 Å². The molecule has 0 fully saturated rings. The number of carbonyl (C=O) groups excluding carboxylic acids is 1. The molecule has 0 bridgehead atoms. The van der Waals surface area contributed by atoms with Gasteiger partial charge in [0.15, 0.2) is 0 Å². The summed E-state index contributed by atoms with van der Waals surface area (Å²) in [5, 5.41) is 5.04. The van der Waals surface area contributed by atoms with Crippen molar-refractivity contribution < 1.29 is 4.79 Å². The van der Waals surface area contributed by atoms with Crippen LogP contribution in [0.25, 0.3) is 0 Å². The lowest BCUT2D eigenvalue weighted by atomic mass is 10.3. The number of hydrazine groups is 1. The van der Waals surface area contributed by atoms with E-state index < -0.39 is 0 Å². The van der Waals surface area contributed by atoms with Crippen LogP contribution >= 0.6 is 0 Å². The van der Waals surface area contributed by atoms with E-state index in [-0.39, 0.29) is 5.91 Å². The van der Waals surface area contributed by atoms with E-state index in [1.165, 1.54) is 6.20 Å². The highest BCUT2D eigenvalue weighted by Gasteiger charge is 2.15. The van der Waals surface area contributed by atoms with Crippen molar-refractivity contribution in [1.82, 2.24) is 9.78 Å². The zero-order valence-corrected chi connectivity index (χ0v) is 8.87. The molecule has 2 rings (SSSR count). The molecular weight excluding hydrogens is 204 g/mol. The molecule has 82 valence electrons. The number of hydrogen-bond acceptors (Lipinski definition) is 3. The minimum Gasteiger partial charge on any atom is -0.275 e. The number of amides is 1. The molecule has 0 spiro atoms. The van der Waals surface area contributed by atoms with Crippen molar-refractivity contribution in [1.29, 1.82) is 0 Å². The maximum atomic E-state index is 11.9. The van der Waals surface area contributed by atoms with E-state index in [1.54, 1.807) is 30.1 Å². The first-order valence-corrected chi connectivity index (χ1v) is 4.81. The van der Waals surface area contributed by atoms with Crippen LogP contribution in [0.4, 0.5) is 5.69 Å². The summed E-state index contributed by atoms with van der Waals surface area (Å²) in [6.07, 6.45) is 3.12. The van der Waals surface area contributed by atoms with E-state index in [0.29, 0.717) is 11.3 Å². The monoisotopic (exact) mass is 216 g/mol. The van der Waals surface area contributed by atoms with Crippen molar-refractivity contribution in [2.45, 2.75) is 0 Å². The molecule has 0 aliphatic carbocycles. The fraction of sp³-hybridized carbons (Fsp3) is 0.0909. The largest absolute Gasteiger partial charge is 0.275 e. The van der Waals surface area contributed by atoms with Gasteiger partial charge in [0.2, 0.25) is 0 Å². The summed E-state index contributed by atoms with van der Waals surface area (Å²) in [6.45, 7) is 0. The molecule has 1 aromatic carbocycles. The SMILES string of the molecule is Cn1cc(C(=O)N(N)c2ccccc2)cn1. The molecule has 0 atom stereocenters. The Morgan fingerprint density at radius 3 is 2.62 bits per heavy atom. The summed E-state index contributed by atoms with van der Waals surface area (Å²) in [5.41, 5.74) is 1.12. The molecule has 0 saturated heterocycles. The van der Waals surface area contributed by atoms with Crippen LogP contribution in [0, 0.1) is 0 Å². The van der Waals surface area contributed by atoms with Gasteiger partial charge in [-0.2, -0.15) is 5.10 Å². The molecule has 0 radical (unpaired) electrons. The summed E-state index contributed by atoms with van der Waals surface area (Å²) >= 11 is 0. The maximum Gasteiger partial charge on any atom is 0.275 e. The van der Waals surface area contributed by atoms with Crippen molar-refractivity contribution in [3.05, 3.63) is 48.3 Å². The van der Waals surface area contributed by atoms with E-state index >= 15 is 0 Å². The molecule has 1 aromatic heterocycles. The lowest BCUT2D eigenvalue weighted by molar-refractivity contribution is 0.0987. The Morgan fingerprint density at radius 2 is 2.06 bits per heavy atom. The second-order valence-corrected chi connectivity index (χ2v) is 3.41. The van der Waals surface area contributed by atoms with Gasteiger partial charge in [0.25, 0.3) is 5.91 Å². The molecule has 0 saturated carbocycles. The Hall–Kier alpha value is -2.14. The van der Waals surface area contributed by atoms with Crippen molar-refractivity contribution >= 4 is 11.6 Å². The van der Waals surface area contributed by atoms with Crippen LogP contribution in [0.5, 0.6) is 0 Å². The first-order valence-electron chi connectivity index (χ1n) is 4.81. The van der Waals surface area contributed by atoms with E-state index in [4.69, 9.17) is 5.84 Å². The highest BCUT2D eigenvalue weighted by atomic mass is 16.2. The second-order valence-electron chi connectivity index (χ2n) is 3.41. The second kappa shape index (κ2) is 4.16. The van der Waals surface area contributed by atoms with Gasteiger partial charge in [0, 0.05) is 13.2 Å². The average molecular weight is 216 g/mol. The van der Waals surface area contributed by atoms with Crippen LogP contribution in [0.15, 0.2) is 42.7 Å². The fourth-order valence-electron chi connectivity index (χ4n) is 1.38. The van der Waals surface area contributed by atoms with Crippen molar-refractivity contribution in [2.75, 3.05) is 5.01 Å². The Balaban J connectivity index is 2.23. The molecular formula is C11H12N4O. The highest BCUT2D eigenvalue weighted by molar-refractivity contribution is 6.04. The van der Waals surface area contributed by atoms with Gasteiger partial charge in [-0.05, 0) is 12.1 Å². The number of nitrogens with two attached hydrogens (primary N) is 1. The van der Waals surface area contributed by atoms with Gasteiger partial charge in [0.1, 0.15) is 0 Å². The Labute approximate surface area is 93.1 Å². The lowest BCUT2D eigenvalue weighted by Gasteiger charge is -2.15. The molecule has 0 aliphatic heterocycles. The molecule has 5 heteroatoms. The van der Waals surface area contributed by atoms with Crippen LogP contribution in [0.1, 0.15) is 10.4 Å². The fourth-order valence-corrected chi connectivity index (χ4v) is 1.38. The number of anilines is 1. The minimum atomic E-state index is -0.278. The maximum absolute atomic E-state index is 11.9. The van der Waals surface area contributed by atoms with E-state index in [2.05, 4.69) is 5.10 Å². The van der Waals surface area contributed by atoms with Crippen LogP contribution < -0.4 is 10.9 Å². The number of carbonyl (C=O) groups is 1. The number of hydrogen-bond donors (Lipinski definition) is 1. The molecule has 0 aliphatic rings. The predicted molar refractivity (Wildman–Crippen MR) is 60.6 cm³/mol. The molecule has 2 N–H and O–H groups in total.